The van der Waals surface area contributed by atoms with Gasteiger partial charge in [-0.25, -0.2) is 9.59 Å². The first-order valence-corrected chi connectivity index (χ1v) is 11.0. The fourth-order valence-electron chi connectivity index (χ4n) is 3.82. The van der Waals surface area contributed by atoms with E-state index in [1.807, 2.05) is 6.07 Å². The lowest BCUT2D eigenvalue weighted by Gasteiger charge is -2.45. The van der Waals surface area contributed by atoms with Crippen molar-refractivity contribution in [3.8, 4) is 0 Å². The zero-order valence-electron chi connectivity index (χ0n) is 19.4. The molecule has 10 nitrogen and oxygen atoms in total. The van der Waals surface area contributed by atoms with Crippen molar-refractivity contribution in [1.82, 2.24) is 4.90 Å². The minimum atomic E-state index is -1.35. The Balaban J connectivity index is 1.90. The fraction of sp³-hybridized carbons (Fsp3) is 0.360. The molecule has 0 unspecified atom stereocenters. The monoisotopic (exact) mass is 485 g/mol. The third-order valence-corrected chi connectivity index (χ3v) is 5.35. The highest BCUT2D eigenvalue weighted by Crippen LogP contribution is 2.28. The first-order valence-electron chi connectivity index (χ1n) is 11.0. The van der Waals surface area contributed by atoms with E-state index in [0.717, 1.165) is 24.3 Å². The molecule has 186 valence electrons. The van der Waals surface area contributed by atoms with E-state index in [1.165, 1.54) is 12.1 Å². The normalized spacial score (nSPS) is 21.5. The van der Waals surface area contributed by atoms with E-state index in [9.17, 15) is 24.3 Å². The topological polar surface area (TPSA) is 129 Å². The van der Waals surface area contributed by atoms with Crippen molar-refractivity contribution in [1.29, 1.82) is 0 Å². The minimum absolute atomic E-state index is 0.0472. The lowest BCUT2D eigenvalue weighted by molar-refractivity contribution is -0.193. The van der Waals surface area contributed by atoms with Crippen molar-refractivity contribution in [3.05, 3.63) is 71.8 Å². The largest absolute Gasteiger partial charge is 0.457 e. The SMILES string of the molecule is CC(=O)O[C@H]1[C@H](OC(=O)c2ccccc2)[C@@H](CO)N(C(=O)OCc2ccccc2)C[C@@H]1OC(C)=O. The molecule has 10 heteroatoms. The number of hydrogen-bond donors (Lipinski definition) is 1. The van der Waals surface area contributed by atoms with E-state index in [-0.39, 0.29) is 18.7 Å². The lowest BCUT2D eigenvalue weighted by Crippen LogP contribution is -2.66. The number of amides is 1. The molecule has 0 aromatic heterocycles. The highest BCUT2D eigenvalue weighted by molar-refractivity contribution is 5.89. The van der Waals surface area contributed by atoms with Gasteiger partial charge < -0.3 is 24.1 Å². The van der Waals surface area contributed by atoms with Gasteiger partial charge in [0.2, 0.25) is 0 Å². The Labute approximate surface area is 202 Å². The van der Waals surface area contributed by atoms with Gasteiger partial charge >= 0.3 is 24.0 Å². The van der Waals surface area contributed by atoms with Crippen molar-refractivity contribution in [2.24, 2.45) is 0 Å². The summed E-state index contributed by atoms with van der Waals surface area (Å²) in [5.41, 5.74) is 0.943. The molecule has 0 aliphatic carbocycles. The summed E-state index contributed by atoms with van der Waals surface area (Å²) in [6, 6.07) is 15.9. The number of aliphatic hydroxyl groups excluding tert-OH is 1. The molecule has 0 saturated carbocycles. The summed E-state index contributed by atoms with van der Waals surface area (Å²) >= 11 is 0. The fourth-order valence-corrected chi connectivity index (χ4v) is 3.82. The van der Waals surface area contributed by atoms with E-state index >= 15 is 0 Å². The zero-order valence-corrected chi connectivity index (χ0v) is 19.4. The Bertz CT molecular complexity index is 1030. The summed E-state index contributed by atoms with van der Waals surface area (Å²) in [6.45, 7) is 1.36. The van der Waals surface area contributed by atoms with Crippen molar-refractivity contribution in [2.45, 2.75) is 44.8 Å². The Morgan fingerprint density at radius 2 is 1.46 bits per heavy atom. The second-order valence-electron chi connectivity index (χ2n) is 7.90. The van der Waals surface area contributed by atoms with Crippen LogP contribution in [0.1, 0.15) is 29.8 Å². The lowest BCUT2D eigenvalue weighted by atomic mass is 9.93. The smallest absolute Gasteiger partial charge is 0.410 e. The van der Waals surface area contributed by atoms with Crippen molar-refractivity contribution >= 4 is 24.0 Å². The Hall–Kier alpha value is -3.92. The number of likely N-dealkylation sites (tertiary alicyclic amines) is 1. The van der Waals surface area contributed by atoms with E-state index < -0.39 is 55.0 Å². The van der Waals surface area contributed by atoms with Crippen LogP contribution in [0.15, 0.2) is 60.7 Å². The second kappa shape index (κ2) is 12.0. The molecule has 3 rings (SSSR count). The van der Waals surface area contributed by atoms with Crippen LogP contribution in [0.3, 0.4) is 0 Å². The standard InChI is InChI=1S/C25H27NO9/c1-16(28)33-21-13-26(25(31)32-15-18-9-5-3-6-10-18)20(14-27)22(23(21)34-17(2)29)35-24(30)19-11-7-4-8-12-19/h3-12,20-23,27H,13-15H2,1-2H3/t20-,21+,22-,23-/m1/s1. The van der Waals surface area contributed by atoms with E-state index in [4.69, 9.17) is 18.9 Å². The molecule has 1 saturated heterocycles. The summed E-state index contributed by atoms with van der Waals surface area (Å²) < 4.78 is 21.7. The Kier molecular flexibility index (Phi) is 8.80. The summed E-state index contributed by atoms with van der Waals surface area (Å²) in [7, 11) is 0. The molecular formula is C25H27NO9. The molecule has 1 heterocycles. The maximum atomic E-state index is 13.0. The van der Waals surface area contributed by atoms with Crippen LogP contribution in [0, 0.1) is 0 Å². The number of esters is 3. The zero-order chi connectivity index (χ0) is 25.4. The van der Waals surface area contributed by atoms with Gasteiger partial charge in [-0.3, -0.25) is 14.5 Å². The second-order valence-corrected chi connectivity index (χ2v) is 7.90. The van der Waals surface area contributed by atoms with Crippen LogP contribution in [0.5, 0.6) is 0 Å². The molecule has 0 spiro atoms. The van der Waals surface area contributed by atoms with Crippen LogP contribution in [0.4, 0.5) is 4.79 Å². The number of rotatable bonds is 7. The third-order valence-electron chi connectivity index (χ3n) is 5.35. The van der Waals surface area contributed by atoms with E-state index in [0.29, 0.717) is 0 Å². The molecule has 2 aromatic carbocycles. The number of carbonyl (C=O) groups excluding carboxylic acids is 4. The third kappa shape index (κ3) is 6.80. The highest BCUT2D eigenvalue weighted by Gasteiger charge is 2.51. The van der Waals surface area contributed by atoms with Crippen molar-refractivity contribution < 1.29 is 43.2 Å². The Morgan fingerprint density at radius 3 is 2.03 bits per heavy atom. The van der Waals surface area contributed by atoms with Gasteiger partial charge in [-0.15, -0.1) is 0 Å². The van der Waals surface area contributed by atoms with Gasteiger partial charge in [0, 0.05) is 13.8 Å². The average Bonchev–Trinajstić information content (AvgIpc) is 2.84. The van der Waals surface area contributed by atoms with E-state index in [2.05, 4.69) is 0 Å². The van der Waals surface area contributed by atoms with Crippen LogP contribution < -0.4 is 0 Å². The van der Waals surface area contributed by atoms with Crippen LogP contribution in [-0.2, 0) is 35.1 Å². The van der Waals surface area contributed by atoms with Gasteiger partial charge in [0.15, 0.2) is 18.3 Å². The van der Waals surface area contributed by atoms with Gasteiger partial charge in [0.05, 0.1) is 24.8 Å². The quantitative estimate of drug-likeness (QED) is 0.463. The molecule has 1 aliphatic heterocycles. The number of aliphatic hydroxyl groups is 1. The summed E-state index contributed by atoms with van der Waals surface area (Å²) in [4.78, 5) is 50.6. The summed E-state index contributed by atoms with van der Waals surface area (Å²) in [5, 5.41) is 10.2. The molecule has 35 heavy (non-hydrogen) atoms. The predicted octanol–water partition coefficient (Wildman–Crippen LogP) is 2.09. The Morgan fingerprint density at radius 1 is 0.857 bits per heavy atom. The maximum absolute atomic E-state index is 13.0. The highest BCUT2D eigenvalue weighted by atomic mass is 16.6. The number of benzene rings is 2. The first-order chi connectivity index (χ1) is 16.8. The summed E-state index contributed by atoms with van der Waals surface area (Å²) in [5.74, 6) is -2.18. The van der Waals surface area contributed by atoms with Crippen LogP contribution in [0.2, 0.25) is 0 Å². The van der Waals surface area contributed by atoms with E-state index in [1.54, 1.807) is 42.5 Å². The maximum Gasteiger partial charge on any atom is 0.410 e. The molecule has 1 fully saturated rings. The molecule has 1 amide bonds. The van der Waals surface area contributed by atoms with Gasteiger partial charge in [0.1, 0.15) is 6.61 Å². The van der Waals surface area contributed by atoms with Gasteiger partial charge in [-0.1, -0.05) is 48.5 Å². The summed E-state index contributed by atoms with van der Waals surface area (Å²) in [6.07, 6.45) is -4.61. The number of hydrogen-bond acceptors (Lipinski definition) is 9. The van der Waals surface area contributed by atoms with Crippen molar-refractivity contribution in [2.75, 3.05) is 13.2 Å². The van der Waals surface area contributed by atoms with Crippen molar-refractivity contribution in [3.63, 3.8) is 0 Å². The number of piperidine rings is 1. The number of ether oxygens (including phenoxy) is 4. The first kappa shape index (κ1) is 25.7. The molecule has 0 bridgehead atoms. The van der Waals surface area contributed by atoms with Gasteiger partial charge in [0.25, 0.3) is 0 Å². The van der Waals surface area contributed by atoms with Crippen LogP contribution in [-0.4, -0.2) is 71.5 Å². The van der Waals surface area contributed by atoms with Crippen LogP contribution >= 0.6 is 0 Å². The molecule has 1 N–H and O–H groups in total. The molecule has 1 aliphatic rings. The molecule has 2 aromatic rings. The average molecular weight is 485 g/mol. The minimum Gasteiger partial charge on any atom is -0.457 e. The number of carbonyl (C=O) groups is 4. The van der Waals surface area contributed by atoms with Gasteiger partial charge in [-0.05, 0) is 17.7 Å². The molecular weight excluding hydrogens is 458 g/mol. The van der Waals surface area contributed by atoms with Crippen LogP contribution in [0.25, 0.3) is 0 Å². The predicted molar refractivity (Wildman–Crippen MR) is 121 cm³/mol. The van der Waals surface area contributed by atoms with Gasteiger partial charge in [-0.2, -0.15) is 0 Å². The molecule has 0 radical (unpaired) electrons. The molecule has 4 atom stereocenters. The number of nitrogens with zero attached hydrogens (tertiary/aromatic N) is 1.